The van der Waals surface area contributed by atoms with Crippen LogP contribution >= 0.6 is 0 Å². The third-order valence-electron chi connectivity index (χ3n) is 7.60. The van der Waals surface area contributed by atoms with Gasteiger partial charge in [-0.2, -0.15) is 18.2 Å². The number of aryl methyl sites for hydroxylation is 1. The van der Waals surface area contributed by atoms with Gasteiger partial charge in [0.05, 0.1) is 17.9 Å². The Labute approximate surface area is 254 Å². The van der Waals surface area contributed by atoms with Gasteiger partial charge >= 0.3 is 12.2 Å². The first-order chi connectivity index (χ1) is 21.5. The zero-order valence-corrected chi connectivity index (χ0v) is 24.4. The van der Waals surface area contributed by atoms with E-state index in [1.54, 1.807) is 10.6 Å². The van der Waals surface area contributed by atoms with Crippen LogP contribution in [0.4, 0.5) is 35.4 Å². The molecule has 0 unspecified atom stereocenters. The number of carbonyl (C=O) groups is 3. The number of alkyl halides is 3. The second-order valence-electron chi connectivity index (χ2n) is 11.1. The summed E-state index contributed by atoms with van der Waals surface area (Å²) in [7, 11) is 1.40. The standard InChI is InChI=1S/C21H19F3N8O3.C8H10N2/c1-30-16(34)9-32(20(30)35)15-4-12(11-2-3-11)7-31-8-13(28-18(15)31)5-25-17-14(21(22,23)24)6-26-19(29-17)27-10-33;1-6-4-5-9-8(10-6)7-2-3-7/h4,6-8,10-11H,2-3,5,9H2,1H3,(H2,25,26,27,29,33);4-5,7H,2-3H2,1H3. The number of imide groups is 1. The maximum absolute atomic E-state index is 13.4. The van der Waals surface area contributed by atoms with E-state index < -0.39 is 23.6 Å². The molecule has 16 heteroatoms. The molecule has 5 heterocycles. The minimum atomic E-state index is -4.72. The van der Waals surface area contributed by atoms with Crippen molar-refractivity contribution in [1.82, 2.24) is 34.2 Å². The molecule has 3 fully saturated rings. The van der Waals surface area contributed by atoms with Crippen LogP contribution in [0, 0.1) is 6.92 Å². The van der Waals surface area contributed by atoms with Gasteiger partial charge in [-0.3, -0.25) is 24.7 Å². The molecular weight excluding hydrogens is 593 g/mol. The highest BCUT2D eigenvalue weighted by Crippen LogP contribution is 2.42. The van der Waals surface area contributed by atoms with E-state index in [0.29, 0.717) is 35.1 Å². The number of hydrogen-bond acceptors (Lipinski definition) is 9. The fraction of sp³-hybridized carbons (Fsp3) is 0.379. The number of nitrogens with one attached hydrogen (secondary N) is 2. The molecule has 45 heavy (non-hydrogen) atoms. The number of halogens is 3. The van der Waals surface area contributed by atoms with Crippen LogP contribution in [0.25, 0.3) is 5.65 Å². The number of carbonyl (C=O) groups excluding carboxylic acids is 3. The molecule has 4 aromatic heterocycles. The molecule has 2 saturated carbocycles. The quantitative estimate of drug-likeness (QED) is 0.217. The molecule has 3 aliphatic rings. The number of amides is 4. The zero-order chi connectivity index (χ0) is 31.9. The second-order valence-corrected chi connectivity index (χ2v) is 11.1. The molecule has 4 aromatic rings. The number of likely N-dealkylation sites (N-methyl/N-ethyl adjacent to an activating group) is 1. The molecule has 0 bridgehead atoms. The van der Waals surface area contributed by atoms with Crippen molar-refractivity contribution in [3.8, 4) is 0 Å². The summed E-state index contributed by atoms with van der Waals surface area (Å²) in [6.45, 7) is 1.75. The van der Waals surface area contributed by atoms with Crippen molar-refractivity contribution in [2.24, 2.45) is 0 Å². The topological polar surface area (TPSA) is 151 Å². The number of rotatable bonds is 8. The lowest BCUT2D eigenvalue weighted by Gasteiger charge is -2.17. The Kier molecular flexibility index (Phi) is 7.80. The Hall–Kier alpha value is -5.15. The highest BCUT2D eigenvalue weighted by Gasteiger charge is 2.37. The third kappa shape index (κ3) is 6.53. The Morgan fingerprint density at radius 3 is 2.42 bits per heavy atom. The number of anilines is 3. The van der Waals surface area contributed by atoms with E-state index in [9.17, 15) is 27.6 Å². The van der Waals surface area contributed by atoms with Gasteiger partial charge < -0.3 is 9.72 Å². The van der Waals surface area contributed by atoms with Crippen molar-refractivity contribution in [1.29, 1.82) is 0 Å². The minimum Gasteiger partial charge on any atom is -0.364 e. The SMILES string of the molecule is CN1C(=O)CN(c2cc(C3CC3)cn3cc(CNc4nc(NC=O)ncc4C(F)(F)F)nc23)C1=O.Cc1ccnc(C2CC2)n1. The van der Waals surface area contributed by atoms with Crippen LogP contribution in [0.5, 0.6) is 0 Å². The second kappa shape index (κ2) is 11.7. The molecular formula is C29H29F3N10O3. The van der Waals surface area contributed by atoms with Gasteiger partial charge in [0, 0.05) is 43.4 Å². The molecule has 0 atom stereocenters. The van der Waals surface area contributed by atoms with E-state index in [1.807, 2.05) is 31.5 Å². The third-order valence-corrected chi connectivity index (χ3v) is 7.60. The monoisotopic (exact) mass is 622 g/mol. The molecule has 1 saturated heterocycles. The van der Waals surface area contributed by atoms with Crippen molar-refractivity contribution >= 4 is 41.4 Å². The molecule has 4 amide bonds. The summed E-state index contributed by atoms with van der Waals surface area (Å²) in [5.41, 5.74) is 2.19. The van der Waals surface area contributed by atoms with Crippen molar-refractivity contribution in [3.63, 3.8) is 0 Å². The maximum Gasteiger partial charge on any atom is 0.421 e. The van der Waals surface area contributed by atoms with Gasteiger partial charge in [-0.05, 0) is 56.2 Å². The summed E-state index contributed by atoms with van der Waals surface area (Å²) in [5, 5.41) is 4.73. The van der Waals surface area contributed by atoms with Crippen LogP contribution in [0.3, 0.4) is 0 Å². The summed E-state index contributed by atoms with van der Waals surface area (Å²) in [6, 6.07) is 3.30. The number of nitrogens with zero attached hydrogens (tertiary/aromatic N) is 8. The van der Waals surface area contributed by atoms with Crippen LogP contribution in [-0.2, 0) is 22.3 Å². The van der Waals surface area contributed by atoms with Gasteiger partial charge in [0.25, 0.3) is 0 Å². The molecule has 13 nitrogen and oxygen atoms in total. The molecule has 2 N–H and O–H groups in total. The van der Waals surface area contributed by atoms with Gasteiger partial charge in [0.1, 0.15) is 23.8 Å². The lowest BCUT2D eigenvalue weighted by Crippen LogP contribution is -2.30. The zero-order valence-electron chi connectivity index (χ0n) is 24.4. The fourth-order valence-electron chi connectivity index (χ4n) is 4.89. The predicted octanol–water partition coefficient (Wildman–Crippen LogP) is 4.26. The minimum absolute atomic E-state index is 0.123. The molecule has 2 aliphatic carbocycles. The Morgan fingerprint density at radius 1 is 1.04 bits per heavy atom. The van der Waals surface area contributed by atoms with Gasteiger partial charge in [0.2, 0.25) is 18.3 Å². The van der Waals surface area contributed by atoms with E-state index in [2.05, 4.69) is 35.6 Å². The first kappa shape index (κ1) is 29.9. The molecule has 0 spiro atoms. The van der Waals surface area contributed by atoms with E-state index >= 15 is 0 Å². The molecule has 0 radical (unpaired) electrons. The first-order valence-electron chi connectivity index (χ1n) is 14.3. The number of imidazole rings is 1. The van der Waals surface area contributed by atoms with Crippen molar-refractivity contribution < 1.29 is 27.6 Å². The Balaban J connectivity index is 0.000000301. The normalized spacial score (nSPS) is 16.6. The molecule has 1 aliphatic heterocycles. The summed E-state index contributed by atoms with van der Waals surface area (Å²) < 4.78 is 41.9. The number of pyridine rings is 1. The van der Waals surface area contributed by atoms with E-state index in [0.717, 1.165) is 34.8 Å². The largest absolute Gasteiger partial charge is 0.421 e. The molecule has 234 valence electrons. The Morgan fingerprint density at radius 2 is 1.80 bits per heavy atom. The molecule has 0 aromatic carbocycles. The summed E-state index contributed by atoms with van der Waals surface area (Å²) in [4.78, 5) is 58.0. The van der Waals surface area contributed by atoms with Crippen molar-refractivity contribution in [2.45, 2.75) is 57.2 Å². The smallest absolute Gasteiger partial charge is 0.364 e. The highest BCUT2D eigenvalue weighted by molar-refractivity contribution is 6.13. The Bertz CT molecular complexity index is 1790. The number of fused-ring (bicyclic) bond motifs is 1. The lowest BCUT2D eigenvalue weighted by molar-refractivity contribution is -0.137. The molecule has 7 rings (SSSR count). The average Bonchev–Trinajstić information content (AvgIpc) is 3.94. The van der Waals surface area contributed by atoms with Gasteiger partial charge in [-0.1, -0.05) is 0 Å². The summed E-state index contributed by atoms with van der Waals surface area (Å²) in [6.07, 6.45) is 6.05. The average molecular weight is 623 g/mol. The van der Waals surface area contributed by atoms with Gasteiger partial charge in [-0.25, -0.2) is 24.7 Å². The predicted molar refractivity (Wildman–Crippen MR) is 155 cm³/mol. The number of urea groups is 1. The van der Waals surface area contributed by atoms with Crippen LogP contribution < -0.4 is 15.5 Å². The van der Waals surface area contributed by atoms with Gasteiger partial charge in [0.15, 0.2) is 5.65 Å². The highest BCUT2D eigenvalue weighted by atomic mass is 19.4. The van der Waals surface area contributed by atoms with Gasteiger partial charge in [-0.15, -0.1) is 0 Å². The lowest BCUT2D eigenvalue weighted by atomic mass is 10.1. The van der Waals surface area contributed by atoms with Crippen molar-refractivity contribution in [2.75, 3.05) is 29.1 Å². The van der Waals surface area contributed by atoms with Crippen LogP contribution in [0.2, 0.25) is 0 Å². The van der Waals surface area contributed by atoms with Crippen LogP contribution in [0.15, 0.2) is 36.9 Å². The maximum atomic E-state index is 13.4. The summed E-state index contributed by atoms with van der Waals surface area (Å²) >= 11 is 0. The van der Waals surface area contributed by atoms with Crippen molar-refractivity contribution in [3.05, 3.63) is 65.3 Å². The number of hydrogen-bond donors (Lipinski definition) is 2. The number of aromatic nitrogens is 6. The van der Waals surface area contributed by atoms with E-state index in [4.69, 9.17) is 0 Å². The first-order valence-corrected chi connectivity index (χ1v) is 14.3. The van der Waals surface area contributed by atoms with Crippen LogP contribution in [-0.4, -0.2) is 66.2 Å². The fourth-order valence-corrected chi connectivity index (χ4v) is 4.89. The van der Waals surface area contributed by atoms with Crippen LogP contribution in [0.1, 0.15) is 65.9 Å². The van der Waals surface area contributed by atoms with E-state index in [1.165, 1.54) is 24.8 Å². The summed E-state index contributed by atoms with van der Waals surface area (Å²) in [5.74, 6) is 0.909. The van der Waals surface area contributed by atoms with E-state index in [-0.39, 0.29) is 31.4 Å².